The van der Waals surface area contributed by atoms with Gasteiger partial charge in [-0.3, -0.25) is 0 Å². The number of hydrogen-bond donors (Lipinski definition) is 2. The maximum atomic E-state index is 10.6. The number of benzene rings is 2. The first-order valence-corrected chi connectivity index (χ1v) is 5.71. The van der Waals surface area contributed by atoms with Gasteiger partial charge in [0.25, 0.3) is 0 Å². The molecule has 0 radical (unpaired) electrons. The third kappa shape index (κ3) is 1.42. The van der Waals surface area contributed by atoms with Crippen LogP contribution < -0.4 is 5.32 Å². The van der Waals surface area contributed by atoms with E-state index in [0.29, 0.717) is 6.54 Å². The molecule has 2 aromatic carbocycles. The summed E-state index contributed by atoms with van der Waals surface area (Å²) < 4.78 is 0. The Bertz CT molecular complexity index is 510. The van der Waals surface area contributed by atoms with Crippen LogP contribution in [0.5, 0.6) is 0 Å². The Labute approximate surface area is 94.9 Å². The van der Waals surface area contributed by atoms with E-state index in [1.807, 2.05) is 24.3 Å². The van der Waals surface area contributed by atoms with Gasteiger partial charge in [0.2, 0.25) is 0 Å². The lowest BCUT2D eigenvalue weighted by Gasteiger charge is -2.23. The molecule has 1 saturated heterocycles. The number of rotatable bonds is 1. The van der Waals surface area contributed by atoms with Crippen LogP contribution in [0.25, 0.3) is 10.8 Å². The molecule has 3 rings (SSSR count). The molecule has 2 heteroatoms. The highest BCUT2D eigenvalue weighted by Crippen LogP contribution is 2.32. The molecular formula is C14H15NO. The number of fused-ring (bicyclic) bond motifs is 1. The predicted molar refractivity (Wildman–Crippen MR) is 65.3 cm³/mol. The Morgan fingerprint density at radius 1 is 1.06 bits per heavy atom. The molecule has 16 heavy (non-hydrogen) atoms. The fraction of sp³-hybridized carbons (Fsp3) is 0.286. The van der Waals surface area contributed by atoms with Crippen molar-refractivity contribution in [1.82, 2.24) is 5.32 Å². The summed E-state index contributed by atoms with van der Waals surface area (Å²) in [4.78, 5) is 0. The predicted octanol–water partition coefficient (Wildman–Crippen LogP) is 2.02. The second-order valence-corrected chi connectivity index (χ2v) is 4.49. The van der Waals surface area contributed by atoms with Crippen LogP contribution in [0.2, 0.25) is 0 Å². The Morgan fingerprint density at radius 2 is 1.88 bits per heavy atom. The van der Waals surface area contributed by atoms with E-state index in [0.717, 1.165) is 23.9 Å². The van der Waals surface area contributed by atoms with Gasteiger partial charge in [0, 0.05) is 6.54 Å². The molecule has 1 fully saturated rings. The van der Waals surface area contributed by atoms with Crippen LogP contribution in [-0.4, -0.2) is 18.2 Å². The summed E-state index contributed by atoms with van der Waals surface area (Å²) in [5, 5.41) is 16.2. The van der Waals surface area contributed by atoms with Crippen molar-refractivity contribution >= 4 is 10.8 Å². The largest absolute Gasteiger partial charge is 0.384 e. The van der Waals surface area contributed by atoms with Crippen LogP contribution in [0.3, 0.4) is 0 Å². The Kier molecular flexibility index (Phi) is 2.20. The third-order valence-electron chi connectivity index (χ3n) is 3.42. The van der Waals surface area contributed by atoms with Crippen LogP contribution in [0.15, 0.2) is 42.5 Å². The van der Waals surface area contributed by atoms with E-state index in [-0.39, 0.29) is 0 Å². The lowest BCUT2D eigenvalue weighted by atomic mass is 9.89. The van der Waals surface area contributed by atoms with E-state index in [1.165, 1.54) is 5.39 Å². The van der Waals surface area contributed by atoms with Crippen LogP contribution in [0.4, 0.5) is 0 Å². The molecule has 1 aliphatic heterocycles. The van der Waals surface area contributed by atoms with Crippen LogP contribution in [0, 0.1) is 0 Å². The minimum absolute atomic E-state index is 0.654. The molecule has 2 aromatic rings. The quantitative estimate of drug-likeness (QED) is 0.759. The zero-order valence-electron chi connectivity index (χ0n) is 9.11. The van der Waals surface area contributed by atoms with Crippen molar-refractivity contribution in [3.05, 3.63) is 48.0 Å². The summed E-state index contributed by atoms with van der Waals surface area (Å²) in [7, 11) is 0. The molecule has 82 valence electrons. The number of aliphatic hydroxyl groups is 1. The Morgan fingerprint density at radius 3 is 2.69 bits per heavy atom. The summed E-state index contributed by atoms with van der Waals surface area (Å²) in [5.74, 6) is 0. The van der Waals surface area contributed by atoms with Gasteiger partial charge in [-0.2, -0.15) is 0 Å². The van der Waals surface area contributed by atoms with Crippen molar-refractivity contribution in [1.29, 1.82) is 0 Å². The Balaban J connectivity index is 2.23. The van der Waals surface area contributed by atoms with Gasteiger partial charge < -0.3 is 10.4 Å². The van der Waals surface area contributed by atoms with Gasteiger partial charge in [0.1, 0.15) is 5.60 Å². The highest BCUT2D eigenvalue weighted by atomic mass is 16.3. The number of nitrogens with one attached hydrogen (secondary N) is 1. The zero-order valence-corrected chi connectivity index (χ0v) is 9.11. The molecule has 2 nitrogen and oxygen atoms in total. The standard InChI is InChI=1S/C14H15NO/c16-14(8-9-15-10-14)13-7-3-5-11-4-1-2-6-12(11)13/h1-7,15-16H,8-10H2. The topological polar surface area (TPSA) is 32.3 Å². The van der Waals surface area contributed by atoms with Crippen molar-refractivity contribution in [2.24, 2.45) is 0 Å². The van der Waals surface area contributed by atoms with Gasteiger partial charge in [-0.1, -0.05) is 42.5 Å². The van der Waals surface area contributed by atoms with Gasteiger partial charge in [-0.25, -0.2) is 0 Å². The molecule has 0 aliphatic carbocycles. The first-order valence-electron chi connectivity index (χ1n) is 5.71. The van der Waals surface area contributed by atoms with Crippen LogP contribution in [0.1, 0.15) is 12.0 Å². The molecule has 0 amide bonds. The second-order valence-electron chi connectivity index (χ2n) is 4.49. The van der Waals surface area contributed by atoms with Gasteiger partial charge in [0.05, 0.1) is 0 Å². The fourth-order valence-corrected chi connectivity index (χ4v) is 2.54. The van der Waals surface area contributed by atoms with Gasteiger partial charge in [-0.05, 0) is 29.3 Å². The zero-order chi connectivity index (χ0) is 11.0. The number of β-amino-alcohol motifs (C(OH)–C–C–N with tert-alkyl or cyclic N) is 1. The van der Waals surface area contributed by atoms with Crippen molar-refractivity contribution in [3.63, 3.8) is 0 Å². The SMILES string of the molecule is OC1(c2cccc3ccccc23)CCNC1. The number of hydrogen-bond acceptors (Lipinski definition) is 2. The average molecular weight is 213 g/mol. The molecule has 1 unspecified atom stereocenters. The monoisotopic (exact) mass is 213 g/mol. The van der Waals surface area contributed by atoms with Gasteiger partial charge >= 0.3 is 0 Å². The molecule has 0 aromatic heterocycles. The first kappa shape index (κ1) is 9.82. The van der Waals surface area contributed by atoms with Crippen molar-refractivity contribution in [2.75, 3.05) is 13.1 Å². The Hall–Kier alpha value is -1.38. The summed E-state index contributed by atoms with van der Waals surface area (Å²) >= 11 is 0. The summed E-state index contributed by atoms with van der Waals surface area (Å²) in [6.07, 6.45) is 0.793. The van der Waals surface area contributed by atoms with E-state index in [1.54, 1.807) is 0 Å². The van der Waals surface area contributed by atoms with E-state index >= 15 is 0 Å². The van der Waals surface area contributed by atoms with Gasteiger partial charge in [-0.15, -0.1) is 0 Å². The molecule has 1 atom stereocenters. The van der Waals surface area contributed by atoms with E-state index in [9.17, 15) is 5.11 Å². The average Bonchev–Trinajstić information content (AvgIpc) is 2.77. The minimum atomic E-state index is -0.694. The lowest BCUT2D eigenvalue weighted by molar-refractivity contribution is 0.0603. The minimum Gasteiger partial charge on any atom is -0.384 e. The highest BCUT2D eigenvalue weighted by molar-refractivity contribution is 5.86. The third-order valence-corrected chi connectivity index (χ3v) is 3.42. The maximum Gasteiger partial charge on any atom is 0.104 e. The lowest BCUT2D eigenvalue weighted by Crippen LogP contribution is -2.28. The highest BCUT2D eigenvalue weighted by Gasteiger charge is 2.33. The maximum absolute atomic E-state index is 10.6. The summed E-state index contributed by atoms with van der Waals surface area (Å²) in [6, 6.07) is 14.4. The van der Waals surface area contributed by atoms with E-state index in [2.05, 4.69) is 23.5 Å². The summed E-state index contributed by atoms with van der Waals surface area (Å²) in [6.45, 7) is 1.54. The smallest absolute Gasteiger partial charge is 0.104 e. The van der Waals surface area contributed by atoms with Crippen LogP contribution in [-0.2, 0) is 5.60 Å². The molecule has 2 N–H and O–H groups in total. The van der Waals surface area contributed by atoms with Crippen molar-refractivity contribution in [2.45, 2.75) is 12.0 Å². The van der Waals surface area contributed by atoms with Crippen molar-refractivity contribution < 1.29 is 5.11 Å². The van der Waals surface area contributed by atoms with Gasteiger partial charge in [0.15, 0.2) is 0 Å². The molecular weight excluding hydrogens is 198 g/mol. The van der Waals surface area contributed by atoms with Crippen molar-refractivity contribution in [3.8, 4) is 0 Å². The molecule has 0 saturated carbocycles. The second kappa shape index (κ2) is 3.58. The van der Waals surface area contributed by atoms with E-state index in [4.69, 9.17) is 0 Å². The molecule has 1 heterocycles. The molecule has 1 aliphatic rings. The molecule has 0 spiro atoms. The first-order chi connectivity index (χ1) is 7.80. The van der Waals surface area contributed by atoms with Crippen LogP contribution >= 0.6 is 0 Å². The summed E-state index contributed by atoms with van der Waals surface area (Å²) in [5.41, 5.74) is 0.358. The normalized spacial score (nSPS) is 25.1. The fourth-order valence-electron chi connectivity index (χ4n) is 2.54. The molecule has 0 bridgehead atoms. The van der Waals surface area contributed by atoms with E-state index < -0.39 is 5.60 Å².